The fourth-order valence-corrected chi connectivity index (χ4v) is 6.41. The van der Waals surface area contributed by atoms with Gasteiger partial charge in [0.2, 0.25) is 17.6 Å². The van der Waals surface area contributed by atoms with Crippen molar-refractivity contribution < 1.29 is 33.6 Å². The molecule has 1 unspecified atom stereocenters. The van der Waals surface area contributed by atoms with E-state index >= 15 is 0 Å². The number of ketones is 1. The first kappa shape index (κ1) is 30.7. The van der Waals surface area contributed by atoms with Crippen LogP contribution in [0.15, 0.2) is 0 Å². The first-order valence-electron chi connectivity index (χ1n) is 14.1. The second-order valence-corrected chi connectivity index (χ2v) is 11.5. The minimum atomic E-state index is -0.768. The molecule has 0 aromatic carbocycles. The minimum Gasteiger partial charge on any atom is -0.356 e. The van der Waals surface area contributed by atoms with E-state index < -0.39 is 17.7 Å². The lowest BCUT2D eigenvalue weighted by Crippen LogP contribution is -2.36. The van der Waals surface area contributed by atoms with Crippen LogP contribution in [0.5, 0.6) is 0 Å². The number of urea groups is 1. The fraction of sp³-hybridized carbons (Fsp3) is 0.769. The van der Waals surface area contributed by atoms with E-state index in [1.54, 1.807) is 0 Å². The van der Waals surface area contributed by atoms with Gasteiger partial charge in [-0.2, -0.15) is 16.8 Å². The second kappa shape index (κ2) is 16.3. The molecule has 12 nitrogen and oxygen atoms in total. The fourth-order valence-electron chi connectivity index (χ4n) is 4.87. The normalized spacial score (nSPS) is 21.9. The van der Waals surface area contributed by atoms with Crippen molar-refractivity contribution in [3.8, 4) is 0 Å². The maximum Gasteiger partial charge on any atom is 0.332 e. The molecule has 5 amide bonds. The van der Waals surface area contributed by atoms with E-state index in [9.17, 15) is 28.8 Å². The smallest absolute Gasteiger partial charge is 0.332 e. The zero-order chi connectivity index (χ0) is 28.0. The number of hydrogen-bond acceptors (Lipinski definition) is 8. The third-order valence-electron chi connectivity index (χ3n) is 7.08. The molecular weight excluding hydrogens is 526 g/mol. The Balaban J connectivity index is 1.06. The van der Waals surface area contributed by atoms with Crippen LogP contribution in [-0.4, -0.2) is 83.3 Å². The molecule has 3 fully saturated rings. The molecule has 0 spiro atoms. The number of carbonyl (C=O) groups excluding carboxylic acids is 6. The van der Waals surface area contributed by atoms with Crippen LogP contribution in [0, 0.1) is 0 Å². The van der Waals surface area contributed by atoms with Crippen molar-refractivity contribution in [2.75, 3.05) is 25.4 Å². The lowest BCUT2D eigenvalue weighted by atomic mass is 10.0. The van der Waals surface area contributed by atoms with Crippen molar-refractivity contribution in [2.45, 2.75) is 101 Å². The first-order chi connectivity index (χ1) is 18.8. The summed E-state index contributed by atoms with van der Waals surface area (Å²) in [4.78, 5) is 74.6. The minimum absolute atomic E-state index is 0.00430. The van der Waals surface area contributed by atoms with E-state index in [1.807, 2.05) is 11.8 Å². The van der Waals surface area contributed by atoms with Gasteiger partial charge in [0, 0.05) is 49.8 Å². The summed E-state index contributed by atoms with van der Waals surface area (Å²) in [6.45, 7) is 1.27. The molecular formula is C26H41N5O7S. The number of rotatable bonds is 18. The van der Waals surface area contributed by atoms with Gasteiger partial charge in [-0.15, -0.1) is 0 Å². The average Bonchev–Trinajstić information content (AvgIpc) is 3.56. The lowest BCUT2D eigenvalue weighted by molar-refractivity contribution is -0.193. The van der Waals surface area contributed by atoms with Crippen LogP contribution in [0.25, 0.3) is 0 Å². The average molecular weight is 568 g/mol. The van der Waals surface area contributed by atoms with Crippen LogP contribution in [0.1, 0.15) is 83.5 Å². The number of nitrogens with zero attached hydrogens (tertiary/aromatic N) is 1. The third-order valence-corrected chi connectivity index (χ3v) is 8.59. The molecule has 0 aliphatic carbocycles. The van der Waals surface area contributed by atoms with Crippen LogP contribution >= 0.6 is 11.8 Å². The summed E-state index contributed by atoms with van der Waals surface area (Å²) >= 11 is 1.89. The number of thioether (sulfide) groups is 1. The van der Waals surface area contributed by atoms with Crippen LogP contribution in [0.4, 0.5) is 4.79 Å². The van der Waals surface area contributed by atoms with Gasteiger partial charge < -0.3 is 26.1 Å². The Hall–Kier alpha value is -2.83. The molecule has 0 radical (unpaired) electrons. The molecule has 0 saturated carbocycles. The Morgan fingerprint density at radius 3 is 2.13 bits per heavy atom. The third kappa shape index (κ3) is 10.7. The van der Waals surface area contributed by atoms with Crippen LogP contribution in [0.2, 0.25) is 0 Å². The molecule has 3 aliphatic heterocycles. The topological polar surface area (TPSA) is 163 Å². The van der Waals surface area contributed by atoms with E-state index in [0.29, 0.717) is 37.6 Å². The molecule has 3 saturated heterocycles. The Bertz CT molecular complexity index is 902. The van der Waals surface area contributed by atoms with Crippen molar-refractivity contribution in [3.63, 3.8) is 0 Å². The predicted molar refractivity (Wildman–Crippen MR) is 144 cm³/mol. The number of hydrogen-bond donors (Lipinski definition) is 4. The molecule has 3 rings (SSSR count). The summed E-state index contributed by atoms with van der Waals surface area (Å²) in [6.07, 6.45) is 8.51. The predicted octanol–water partition coefficient (Wildman–Crippen LogP) is 1.33. The van der Waals surface area contributed by atoms with E-state index in [1.165, 1.54) is 0 Å². The molecule has 0 bridgehead atoms. The quantitative estimate of drug-likeness (QED) is 0.109. The van der Waals surface area contributed by atoms with E-state index in [0.717, 1.165) is 62.2 Å². The first-order valence-corrected chi connectivity index (χ1v) is 15.2. The van der Waals surface area contributed by atoms with Gasteiger partial charge in [0.15, 0.2) is 0 Å². The van der Waals surface area contributed by atoms with Gasteiger partial charge >= 0.3 is 17.9 Å². The second-order valence-electron chi connectivity index (χ2n) is 10.2. The van der Waals surface area contributed by atoms with Crippen LogP contribution in [0.3, 0.4) is 0 Å². The van der Waals surface area contributed by atoms with Gasteiger partial charge in [-0.3, -0.25) is 19.2 Å². The van der Waals surface area contributed by atoms with Crippen LogP contribution < -0.4 is 21.3 Å². The van der Waals surface area contributed by atoms with Crippen molar-refractivity contribution in [1.82, 2.24) is 26.3 Å². The highest BCUT2D eigenvalue weighted by Crippen LogP contribution is 2.33. The maximum absolute atomic E-state index is 12.0. The maximum atomic E-state index is 12.0. The molecule has 39 heavy (non-hydrogen) atoms. The Morgan fingerprint density at radius 1 is 0.846 bits per heavy atom. The molecule has 3 atom stereocenters. The zero-order valence-corrected chi connectivity index (χ0v) is 23.3. The van der Waals surface area contributed by atoms with Crippen molar-refractivity contribution >= 4 is 47.3 Å². The monoisotopic (exact) mass is 567 g/mol. The summed E-state index contributed by atoms with van der Waals surface area (Å²) in [7, 11) is 0. The molecule has 0 aromatic rings. The van der Waals surface area contributed by atoms with Crippen molar-refractivity contribution in [1.29, 1.82) is 0 Å². The Kier molecular flexibility index (Phi) is 12.8. The number of carbonyl (C=O) groups is 6. The molecule has 13 heteroatoms. The van der Waals surface area contributed by atoms with Gasteiger partial charge in [0.1, 0.15) is 0 Å². The zero-order valence-electron chi connectivity index (χ0n) is 22.5. The van der Waals surface area contributed by atoms with Crippen molar-refractivity contribution in [3.05, 3.63) is 0 Å². The van der Waals surface area contributed by atoms with Gasteiger partial charge in [-0.05, 0) is 38.5 Å². The summed E-state index contributed by atoms with van der Waals surface area (Å²) in [5.41, 5.74) is 0. The molecule has 0 aromatic heterocycles. The molecule has 218 valence electrons. The van der Waals surface area contributed by atoms with Gasteiger partial charge in [-0.25, -0.2) is 9.59 Å². The van der Waals surface area contributed by atoms with Crippen molar-refractivity contribution in [2.24, 2.45) is 0 Å². The summed E-state index contributed by atoms with van der Waals surface area (Å²) < 4.78 is 0. The SMILES string of the molecule is O=C(CCCCCNC(=O)CCCCC1SC[C@@H]2NC(=O)N[C@H]12)NCCCCCC(=O)ON1CCC(=O)C1=O. The number of fused-ring (bicyclic) bond motifs is 1. The number of nitrogens with one attached hydrogen (secondary N) is 4. The number of Topliss-reactive ketones (excluding diaryl/α,β-unsaturated/α-hetero) is 1. The highest BCUT2D eigenvalue weighted by molar-refractivity contribution is 8.00. The number of unbranched alkanes of at least 4 members (excludes halogenated alkanes) is 5. The standard InChI is InChI=1S/C26H41N5O7S/c32-19-13-16-31(25(19)36)38-23(35)12-4-2-8-15-27-21(33)10-3-1-7-14-28-22(34)11-6-5-9-20-24-18(17-39-20)29-26(37)30-24/h18,20,24H,1-17H2,(H,27,33)(H,28,34)(H2,29,30,37)/t18-,20?,24-/m0/s1. The van der Waals surface area contributed by atoms with Gasteiger partial charge in [-0.1, -0.05) is 19.3 Å². The highest BCUT2D eigenvalue weighted by atomic mass is 32.2. The van der Waals surface area contributed by atoms with E-state index in [-0.39, 0.29) is 49.3 Å². The van der Waals surface area contributed by atoms with E-state index in [2.05, 4.69) is 21.3 Å². The molecule has 3 heterocycles. The molecule has 3 aliphatic rings. The number of amides is 5. The Morgan fingerprint density at radius 2 is 1.49 bits per heavy atom. The summed E-state index contributed by atoms with van der Waals surface area (Å²) in [5.74, 6) is -0.833. The summed E-state index contributed by atoms with van der Waals surface area (Å²) in [5, 5.41) is 13.0. The van der Waals surface area contributed by atoms with Gasteiger partial charge in [0.25, 0.3) is 0 Å². The lowest BCUT2D eigenvalue weighted by Gasteiger charge is -2.16. The number of hydroxylamine groups is 2. The largest absolute Gasteiger partial charge is 0.356 e. The van der Waals surface area contributed by atoms with Crippen LogP contribution in [-0.2, 0) is 28.8 Å². The Labute approximate surface area is 233 Å². The highest BCUT2D eigenvalue weighted by Gasteiger charge is 2.42. The molecule has 4 N–H and O–H groups in total. The van der Waals surface area contributed by atoms with Gasteiger partial charge in [0.05, 0.1) is 18.6 Å². The summed E-state index contributed by atoms with van der Waals surface area (Å²) in [6, 6.07) is 0.382. The van der Waals surface area contributed by atoms with E-state index in [4.69, 9.17) is 4.84 Å².